The minimum atomic E-state index is -0.904. The molecule has 0 saturated carbocycles. The number of ether oxygens (including phenoxy) is 2. The summed E-state index contributed by atoms with van der Waals surface area (Å²) in [7, 11) is 0. The normalized spacial score (nSPS) is 10.7. The number of aromatic nitrogens is 2. The van der Waals surface area contributed by atoms with Crippen molar-refractivity contribution in [1.82, 2.24) is 9.78 Å². The number of esters is 2. The van der Waals surface area contributed by atoms with Crippen LogP contribution in [0.5, 0.6) is 0 Å². The Morgan fingerprint density at radius 1 is 0.972 bits per heavy atom. The molecular weight excluding hydrogens is 486 g/mol. The van der Waals surface area contributed by atoms with Crippen LogP contribution >= 0.6 is 11.3 Å². The minimum absolute atomic E-state index is 0.157. The van der Waals surface area contributed by atoms with E-state index in [4.69, 9.17) is 9.47 Å². The Labute approximate surface area is 208 Å². The van der Waals surface area contributed by atoms with E-state index in [0.717, 1.165) is 26.5 Å². The zero-order chi connectivity index (χ0) is 25.7. The lowest BCUT2D eigenvalue weighted by Crippen LogP contribution is -2.33. The molecule has 4 aromatic rings. The van der Waals surface area contributed by atoms with Crippen LogP contribution in [0.4, 0.5) is 5.69 Å². The third-order valence-corrected chi connectivity index (χ3v) is 6.22. The minimum Gasteiger partial charge on any atom is -0.462 e. The summed E-state index contributed by atoms with van der Waals surface area (Å²) >= 11 is 1.16. The fraction of sp³-hybridized carbons (Fsp3) is 0.160. The summed E-state index contributed by atoms with van der Waals surface area (Å²) < 4.78 is 10.9. The number of aromatic amines is 1. The monoisotopic (exact) mass is 507 g/mol. The number of nitrogens with one attached hydrogen (secondary N) is 2. The summed E-state index contributed by atoms with van der Waals surface area (Å²) in [4.78, 5) is 62.8. The Balaban J connectivity index is 1.44. The number of carbonyl (C=O) groups excluding carboxylic acids is 3. The maximum absolute atomic E-state index is 12.5. The average Bonchev–Trinajstić information content (AvgIpc) is 3.30. The quantitative estimate of drug-likeness (QED) is 0.350. The first-order valence-electron chi connectivity index (χ1n) is 10.9. The van der Waals surface area contributed by atoms with Crippen molar-refractivity contribution in [1.29, 1.82) is 0 Å². The van der Waals surface area contributed by atoms with Crippen LogP contribution in [-0.4, -0.2) is 40.8 Å². The lowest BCUT2D eigenvalue weighted by molar-refractivity contribution is -0.148. The van der Waals surface area contributed by atoms with E-state index < -0.39 is 42.1 Å². The second-order valence-corrected chi connectivity index (χ2v) is 8.58. The van der Waals surface area contributed by atoms with Crippen molar-refractivity contribution in [3.8, 4) is 10.4 Å². The first-order chi connectivity index (χ1) is 17.4. The van der Waals surface area contributed by atoms with E-state index in [1.165, 1.54) is 12.1 Å². The summed E-state index contributed by atoms with van der Waals surface area (Å²) in [6.07, 6.45) is 0. The molecule has 0 fully saturated rings. The first kappa shape index (κ1) is 24.6. The summed E-state index contributed by atoms with van der Waals surface area (Å²) in [6.45, 7) is 0.592. The second kappa shape index (κ2) is 10.8. The van der Waals surface area contributed by atoms with Gasteiger partial charge >= 0.3 is 11.9 Å². The van der Waals surface area contributed by atoms with Crippen LogP contribution in [0, 0.1) is 0 Å². The Hall–Kier alpha value is -4.51. The van der Waals surface area contributed by atoms with Crippen molar-refractivity contribution in [3.05, 3.63) is 86.2 Å². The number of thiophene rings is 1. The van der Waals surface area contributed by atoms with Gasteiger partial charge in [-0.15, -0.1) is 11.3 Å². The van der Waals surface area contributed by atoms with Crippen LogP contribution in [0.25, 0.3) is 21.2 Å². The van der Waals surface area contributed by atoms with Gasteiger partial charge in [0.2, 0.25) is 0 Å². The highest BCUT2D eigenvalue weighted by atomic mass is 32.1. The van der Waals surface area contributed by atoms with E-state index in [1.807, 2.05) is 30.3 Å². The Kier molecular flexibility index (Phi) is 7.40. The predicted molar refractivity (Wildman–Crippen MR) is 134 cm³/mol. The summed E-state index contributed by atoms with van der Waals surface area (Å²) in [5, 5.41) is 5.26. The zero-order valence-corrected chi connectivity index (χ0v) is 19.9. The molecule has 0 bridgehead atoms. The molecule has 2 aromatic heterocycles. The van der Waals surface area contributed by atoms with E-state index in [0.29, 0.717) is 0 Å². The Bertz CT molecular complexity index is 1550. The van der Waals surface area contributed by atoms with E-state index in [9.17, 15) is 24.0 Å². The first-order valence-corrected chi connectivity index (χ1v) is 11.7. The maximum atomic E-state index is 12.5. The molecule has 184 valence electrons. The highest BCUT2D eigenvalue weighted by Crippen LogP contribution is 2.35. The highest BCUT2D eigenvalue weighted by Gasteiger charge is 2.21. The summed E-state index contributed by atoms with van der Waals surface area (Å²) in [6, 6.07) is 17.2. The molecule has 36 heavy (non-hydrogen) atoms. The van der Waals surface area contributed by atoms with E-state index >= 15 is 0 Å². The number of nitrogens with zero attached hydrogens (tertiary/aromatic N) is 1. The van der Waals surface area contributed by atoms with Crippen LogP contribution in [0.2, 0.25) is 0 Å². The Morgan fingerprint density at radius 2 is 1.67 bits per heavy atom. The van der Waals surface area contributed by atoms with Crippen LogP contribution in [0.15, 0.2) is 70.3 Å². The molecule has 0 spiro atoms. The second-order valence-electron chi connectivity index (χ2n) is 7.53. The van der Waals surface area contributed by atoms with Gasteiger partial charge in [-0.1, -0.05) is 42.5 Å². The van der Waals surface area contributed by atoms with Crippen LogP contribution in [0.1, 0.15) is 16.6 Å². The molecule has 0 atom stereocenters. The van der Waals surface area contributed by atoms with Crippen molar-refractivity contribution in [3.63, 3.8) is 0 Å². The predicted octanol–water partition coefficient (Wildman–Crippen LogP) is 2.78. The summed E-state index contributed by atoms with van der Waals surface area (Å²) in [5.74, 6) is -2.18. The lowest BCUT2D eigenvalue weighted by Gasteiger charge is -2.09. The zero-order valence-electron chi connectivity index (χ0n) is 19.1. The largest absolute Gasteiger partial charge is 0.462 e. The third kappa shape index (κ3) is 5.41. The van der Waals surface area contributed by atoms with Gasteiger partial charge in [0.05, 0.1) is 23.1 Å². The topological polar surface area (TPSA) is 137 Å². The molecule has 1 amide bonds. The molecule has 2 aromatic carbocycles. The highest BCUT2D eigenvalue weighted by molar-refractivity contribution is 7.18. The van der Waals surface area contributed by atoms with E-state index in [1.54, 1.807) is 25.1 Å². The van der Waals surface area contributed by atoms with Gasteiger partial charge in [0.25, 0.3) is 17.0 Å². The number of benzene rings is 2. The van der Waals surface area contributed by atoms with Crippen molar-refractivity contribution in [2.24, 2.45) is 0 Å². The number of H-pyrrole nitrogens is 1. The van der Waals surface area contributed by atoms with Gasteiger partial charge < -0.3 is 14.8 Å². The molecule has 0 saturated heterocycles. The number of rotatable bonds is 8. The van der Waals surface area contributed by atoms with Gasteiger partial charge in [0, 0.05) is 4.88 Å². The van der Waals surface area contributed by atoms with E-state index in [2.05, 4.69) is 10.4 Å². The lowest BCUT2D eigenvalue weighted by atomic mass is 10.2. The number of amides is 1. The molecule has 2 heterocycles. The number of anilines is 1. The summed E-state index contributed by atoms with van der Waals surface area (Å²) in [5.41, 5.74) is -0.0189. The maximum Gasteiger partial charge on any atom is 0.350 e. The fourth-order valence-electron chi connectivity index (χ4n) is 3.44. The van der Waals surface area contributed by atoms with Crippen LogP contribution in [-0.2, 0) is 25.6 Å². The Morgan fingerprint density at radius 3 is 2.39 bits per heavy atom. The average molecular weight is 508 g/mol. The smallest absolute Gasteiger partial charge is 0.350 e. The standard InChI is InChI=1S/C25H21N3O7S/c1-2-34-25(33)22-18(12-19(36-22)15-8-4-3-5-9-15)26-20(29)14-35-21(30)13-28-24(32)17-11-7-6-10-16(17)23(31)27-28/h3-12H,2,13-14H2,1H3,(H,26,29)(H,27,31). The van der Waals surface area contributed by atoms with Crippen LogP contribution in [0.3, 0.4) is 0 Å². The molecule has 0 radical (unpaired) electrons. The van der Waals surface area contributed by atoms with Crippen molar-refractivity contribution < 1.29 is 23.9 Å². The van der Waals surface area contributed by atoms with Crippen molar-refractivity contribution in [2.45, 2.75) is 13.5 Å². The molecule has 10 nitrogen and oxygen atoms in total. The molecule has 0 unspecified atom stereocenters. The van der Waals surface area contributed by atoms with Gasteiger partial charge in [-0.05, 0) is 30.7 Å². The van der Waals surface area contributed by atoms with Crippen molar-refractivity contribution >= 4 is 45.6 Å². The molecule has 0 aliphatic rings. The number of hydrogen-bond donors (Lipinski definition) is 2. The van der Waals surface area contributed by atoms with Gasteiger partial charge in [-0.2, -0.15) is 0 Å². The molecule has 0 aliphatic heterocycles. The van der Waals surface area contributed by atoms with Gasteiger partial charge in [-0.25, -0.2) is 9.48 Å². The van der Waals surface area contributed by atoms with Gasteiger partial charge in [0.1, 0.15) is 11.4 Å². The number of carbonyl (C=O) groups is 3. The molecule has 4 rings (SSSR count). The fourth-order valence-corrected chi connectivity index (χ4v) is 4.45. The van der Waals surface area contributed by atoms with E-state index in [-0.39, 0.29) is 27.9 Å². The molecule has 0 aliphatic carbocycles. The third-order valence-electron chi connectivity index (χ3n) is 5.06. The van der Waals surface area contributed by atoms with Gasteiger partial charge in [-0.3, -0.25) is 24.3 Å². The molecule has 11 heteroatoms. The SMILES string of the molecule is CCOC(=O)c1sc(-c2ccccc2)cc1NC(=O)COC(=O)Cn1[nH]c(=O)c2ccccc2c1=O. The van der Waals surface area contributed by atoms with Gasteiger partial charge in [0.15, 0.2) is 6.61 Å². The van der Waals surface area contributed by atoms with Crippen LogP contribution < -0.4 is 16.4 Å². The molecular formula is C25H21N3O7S. The number of hydrogen-bond acceptors (Lipinski definition) is 8. The van der Waals surface area contributed by atoms with Crippen molar-refractivity contribution in [2.75, 3.05) is 18.5 Å². The number of fused-ring (bicyclic) bond motifs is 1. The molecule has 2 N–H and O–H groups in total.